The van der Waals surface area contributed by atoms with Gasteiger partial charge in [-0.05, 0) is 27.7 Å². The molecule has 176 valence electrons. The Morgan fingerprint density at radius 3 is 0.655 bits per heavy atom. The van der Waals surface area contributed by atoms with Crippen LogP contribution < -0.4 is 0 Å². The molecule has 0 radical (unpaired) electrons. The molecule has 0 saturated heterocycles. The Hall–Kier alpha value is -0.480. The Labute approximate surface area is 172 Å². The lowest BCUT2D eigenvalue weighted by atomic mass is 10.5. The van der Waals surface area contributed by atoms with Crippen molar-refractivity contribution in [1.29, 1.82) is 0 Å². The van der Waals surface area contributed by atoms with Crippen LogP contribution in [0.1, 0.15) is 27.7 Å². The molecule has 0 aromatic heterocycles. The summed E-state index contributed by atoms with van der Waals surface area (Å²) in [5, 5.41) is 0. The van der Waals surface area contributed by atoms with Crippen LogP contribution in [-0.2, 0) is 56.8 Å². The van der Waals surface area contributed by atoms with Crippen LogP contribution in [0.5, 0.6) is 0 Å². The van der Waals surface area contributed by atoms with Crippen LogP contribution in [0.4, 0.5) is 0 Å². The molecule has 0 rings (SSSR count). The molecule has 0 heterocycles. The van der Waals surface area contributed by atoms with Crippen molar-refractivity contribution in [2.24, 2.45) is 0 Å². The molecule has 0 aliphatic heterocycles. The topological polar surface area (TPSA) is 111 Å². The molecule has 0 aliphatic rings. The van der Waals surface area contributed by atoms with E-state index in [4.69, 9.17) is 56.8 Å². The van der Waals surface area contributed by atoms with Crippen LogP contribution in [0.2, 0.25) is 0 Å². The molecule has 0 spiro atoms. The van der Waals surface area contributed by atoms with E-state index in [1.165, 1.54) is 0 Å². The van der Waals surface area contributed by atoms with E-state index < -0.39 is 0 Å². The molecule has 0 aromatic rings. The standard InChI is InChI=1S/C17H36O12/c1-16(2)28-14-26-12-24-10-22-8-20-6-18-5-19-7-21-9-23-11-25-13-27-15-29-17(3)4/h16-17H,5-15H2,1-4H3. The summed E-state index contributed by atoms with van der Waals surface area (Å²) in [6, 6.07) is 0. The smallest absolute Gasteiger partial charge is 0.152 e. The van der Waals surface area contributed by atoms with Gasteiger partial charge in [0, 0.05) is 0 Å². The van der Waals surface area contributed by atoms with Gasteiger partial charge in [-0.1, -0.05) is 0 Å². The zero-order valence-corrected chi connectivity index (χ0v) is 17.8. The zero-order chi connectivity index (χ0) is 21.4. The highest BCUT2D eigenvalue weighted by molar-refractivity contribution is 4.30. The molecule has 12 heteroatoms. The van der Waals surface area contributed by atoms with Gasteiger partial charge in [0.1, 0.15) is 13.6 Å². The molecule has 0 unspecified atom stereocenters. The van der Waals surface area contributed by atoms with Crippen molar-refractivity contribution < 1.29 is 56.8 Å². The van der Waals surface area contributed by atoms with Gasteiger partial charge in [-0.15, -0.1) is 0 Å². The summed E-state index contributed by atoms with van der Waals surface area (Å²) in [4.78, 5) is 0. The molecule has 0 amide bonds. The largest absolute Gasteiger partial charge is 0.353 e. The highest BCUT2D eigenvalue weighted by atomic mass is 16.8. The van der Waals surface area contributed by atoms with Crippen molar-refractivity contribution in [3.8, 4) is 0 Å². The summed E-state index contributed by atoms with van der Waals surface area (Å²) in [6.07, 6.45) is 0.230. The van der Waals surface area contributed by atoms with Gasteiger partial charge in [-0.3, -0.25) is 0 Å². The first-order valence-corrected chi connectivity index (χ1v) is 9.13. The van der Waals surface area contributed by atoms with E-state index in [9.17, 15) is 0 Å². The average molecular weight is 432 g/mol. The first kappa shape index (κ1) is 28.5. The fraction of sp³-hybridized carbons (Fsp3) is 1.00. The third kappa shape index (κ3) is 27.5. The van der Waals surface area contributed by atoms with Crippen molar-refractivity contribution >= 4 is 0 Å². The second-order valence-corrected chi connectivity index (χ2v) is 5.77. The Morgan fingerprint density at radius 1 is 0.310 bits per heavy atom. The highest BCUT2D eigenvalue weighted by Crippen LogP contribution is 1.90. The zero-order valence-electron chi connectivity index (χ0n) is 17.8. The third-order valence-electron chi connectivity index (χ3n) is 2.47. The van der Waals surface area contributed by atoms with Crippen LogP contribution in [0, 0.1) is 0 Å². The third-order valence-corrected chi connectivity index (χ3v) is 2.47. The minimum absolute atomic E-state index is 0.000379. The molecule has 12 nitrogen and oxygen atoms in total. The predicted molar refractivity (Wildman–Crippen MR) is 96.8 cm³/mol. The van der Waals surface area contributed by atoms with Gasteiger partial charge < -0.3 is 56.8 Å². The molecular formula is C17H36O12. The van der Waals surface area contributed by atoms with Gasteiger partial charge in [-0.2, -0.15) is 0 Å². The molecule has 0 saturated carbocycles. The molecule has 0 aromatic carbocycles. The summed E-state index contributed by atoms with van der Waals surface area (Å²) in [6.45, 7) is 8.28. The van der Waals surface area contributed by atoms with Crippen LogP contribution in [-0.4, -0.2) is 86.9 Å². The number of rotatable bonds is 24. The fourth-order valence-electron chi connectivity index (χ4n) is 1.24. The van der Waals surface area contributed by atoms with Gasteiger partial charge >= 0.3 is 0 Å². The lowest BCUT2D eigenvalue weighted by Crippen LogP contribution is -2.13. The van der Waals surface area contributed by atoms with E-state index in [-0.39, 0.29) is 86.9 Å². The highest BCUT2D eigenvalue weighted by Gasteiger charge is 1.95. The van der Waals surface area contributed by atoms with E-state index in [0.29, 0.717) is 0 Å². The molecule has 0 atom stereocenters. The fourth-order valence-corrected chi connectivity index (χ4v) is 1.24. The SMILES string of the molecule is CC(C)OCOCOCOCOCOCOCOCOCOCOCOC(C)C. The maximum atomic E-state index is 5.16. The predicted octanol–water partition coefficient (Wildman–Crippen LogP) is 1.53. The average Bonchev–Trinajstić information content (AvgIpc) is 2.68. The normalized spacial score (nSPS) is 11.8. The summed E-state index contributed by atoms with van der Waals surface area (Å²) < 4.78 is 60.7. The van der Waals surface area contributed by atoms with Crippen molar-refractivity contribution in [2.75, 3.05) is 74.7 Å². The van der Waals surface area contributed by atoms with Crippen LogP contribution in [0.15, 0.2) is 0 Å². The maximum Gasteiger partial charge on any atom is 0.152 e. The number of hydrogen-bond acceptors (Lipinski definition) is 12. The van der Waals surface area contributed by atoms with Crippen molar-refractivity contribution in [3.63, 3.8) is 0 Å². The first-order chi connectivity index (χ1) is 14.1. The van der Waals surface area contributed by atoms with E-state index in [2.05, 4.69) is 0 Å². The Bertz CT molecular complexity index is 278. The first-order valence-electron chi connectivity index (χ1n) is 9.13. The van der Waals surface area contributed by atoms with E-state index >= 15 is 0 Å². The Kier molecular flexibility index (Phi) is 23.4. The van der Waals surface area contributed by atoms with Gasteiger partial charge in [0.15, 0.2) is 61.1 Å². The summed E-state index contributed by atoms with van der Waals surface area (Å²) in [5.74, 6) is 0. The van der Waals surface area contributed by atoms with Gasteiger partial charge in [0.2, 0.25) is 0 Å². The second-order valence-electron chi connectivity index (χ2n) is 5.77. The minimum Gasteiger partial charge on any atom is -0.353 e. The summed E-state index contributed by atoms with van der Waals surface area (Å²) in [7, 11) is 0. The molecule has 0 bridgehead atoms. The number of hydrogen-bond donors (Lipinski definition) is 0. The molecule has 0 fully saturated rings. The monoisotopic (exact) mass is 432 g/mol. The molecule has 0 aliphatic carbocycles. The summed E-state index contributed by atoms with van der Waals surface area (Å²) in [5.41, 5.74) is 0. The van der Waals surface area contributed by atoms with E-state index in [0.717, 1.165) is 0 Å². The lowest BCUT2D eigenvalue weighted by molar-refractivity contribution is -0.235. The van der Waals surface area contributed by atoms with Crippen molar-refractivity contribution in [2.45, 2.75) is 39.9 Å². The van der Waals surface area contributed by atoms with Gasteiger partial charge in [0.05, 0.1) is 12.2 Å². The molecule has 0 N–H and O–H groups in total. The Balaban J connectivity index is 3.00. The van der Waals surface area contributed by atoms with Crippen LogP contribution >= 0.6 is 0 Å². The van der Waals surface area contributed by atoms with Gasteiger partial charge in [-0.25, -0.2) is 0 Å². The Morgan fingerprint density at radius 2 is 0.483 bits per heavy atom. The van der Waals surface area contributed by atoms with Crippen molar-refractivity contribution in [1.82, 2.24) is 0 Å². The van der Waals surface area contributed by atoms with E-state index in [1.807, 2.05) is 27.7 Å². The number of ether oxygens (including phenoxy) is 12. The molecular weight excluding hydrogens is 396 g/mol. The van der Waals surface area contributed by atoms with Gasteiger partial charge in [0.25, 0.3) is 0 Å². The molecule has 29 heavy (non-hydrogen) atoms. The lowest BCUT2D eigenvalue weighted by Gasteiger charge is -2.10. The quantitative estimate of drug-likeness (QED) is 0.163. The summed E-state index contributed by atoms with van der Waals surface area (Å²) >= 11 is 0. The minimum atomic E-state index is 0.000379. The van der Waals surface area contributed by atoms with Crippen LogP contribution in [0.3, 0.4) is 0 Å². The maximum absolute atomic E-state index is 5.16. The van der Waals surface area contributed by atoms with E-state index in [1.54, 1.807) is 0 Å². The van der Waals surface area contributed by atoms with Crippen LogP contribution in [0.25, 0.3) is 0 Å². The van der Waals surface area contributed by atoms with Crippen molar-refractivity contribution in [3.05, 3.63) is 0 Å². The second kappa shape index (κ2) is 23.8.